The number of pyridine rings is 1. The first-order valence-electron chi connectivity index (χ1n) is 8.95. The van der Waals surface area contributed by atoms with Gasteiger partial charge in [-0.3, -0.25) is 9.78 Å². The Kier molecular flexibility index (Phi) is 4.94. The number of aryl methyl sites for hydroxylation is 3. The minimum atomic E-state index is -0.430. The zero-order chi connectivity index (χ0) is 20.5. The molecular weight excluding hydrogens is 389 g/mol. The first kappa shape index (κ1) is 18.9. The second kappa shape index (κ2) is 7.56. The molecule has 29 heavy (non-hydrogen) atoms. The van der Waals surface area contributed by atoms with E-state index in [-0.39, 0.29) is 11.6 Å². The normalized spacial score (nSPS) is 10.9. The van der Waals surface area contributed by atoms with E-state index in [2.05, 4.69) is 20.4 Å². The lowest BCUT2D eigenvalue weighted by molar-refractivity contribution is 0.101. The van der Waals surface area contributed by atoms with E-state index in [0.29, 0.717) is 17.2 Å². The number of thiophene rings is 1. The lowest BCUT2D eigenvalue weighted by Crippen LogP contribution is -2.16. The summed E-state index contributed by atoms with van der Waals surface area (Å²) in [5.41, 5.74) is 3.80. The Hall–Kier alpha value is -3.39. The molecule has 0 aliphatic carbocycles. The third-order valence-electron chi connectivity index (χ3n) is 4.39. The van der Waals surface area contributed by atoms with Crippen LogP contribution in [0.1, 0.15) is 27.6 Å². The number of benzene rings is 1. The summed E-state index contributed by atoms with van der Waals surface area (Å²) >= 11 is 1.48. The van der Waals surface area contributed by atoms with Crippen molar-refractivity contribution < 1.29 is 9.18 Å². The molecule has 3 aromatic heterocycles. The summed E-state index contributed by atoms with van der Waals surface area (Å²) < 4.78 is 14.9. The van der Waals surface area contributed by atoms with Crippen LogP contribution in [0.2, 0.25) is 0 Å². The molecule has 4 aromatic rings. The molecule has 0 aliphatic heterocycles. The number of anilines is 1. The zero-order valence-electron chi connectivity index (χ0n) is 16.1. The van der Waals surface area contributed by atoms with Crippen molar-refractivity contribution in [2.45, 2.75) is 20.8 Å². The predicted octanol–water partition coefficient (Wildman–Crippen LogP) is 4.71. The molecule has 3 heterocycles. The van der Waals surface area contributed by atoms with Crippen LogP contribution in [0.25, 0.3) is 16.4 Å². The van der Waals surface area contributed by atoms with Crippen molar-refractivity contribution in [2.75, 3.05) is 5.32 Å². The fourth-order valence-electron chi connectivity index (χ4n) is 3.12. The van der Waals surface area contributed by atoms with E-state index in [1.807, 2.05) is 44.4 Å². The molecule has 0 unspecified atom stereocenters. The van der Waals surface area contributed by atoms with Crippen molar-refractivity contribution >= 4 is 22.9 Å². The number of hydrogen-bond acceptors (Lipinski definition) is 5. The number of rotatable bonds is 4. The number of carbonyl (C=O) groups is 1. The van der Waals surface area contributed by atoms with Gasteiger partial charge in [0.25, 0.3) is 5.91 Å². The summed E-state index contributed by atoms with van der Waals surface area (Å²) in [7, 11) is 0. The van der Waals surface area contributed by atoms with Crippen LogP contribution in [0, 0.1) is 26.6 Å². The Bertz CT molecular complexity index is 1160. The second-order valence-electron chi connectivity index (χ2n) is 6.62. The third kappa shape index (κ3) is 3.79. The van der Waals surface area contributed by atoms with Crippen LogP contribution in [0.5, 0.6) is 0 Å². The average molecular weight is 407 g/mol. The van der Waals surface area contributed by atoms with Crippen LogP contribution < -0.4 is 5.32 Å². The third-order valence-corrected chi connectivity index (χ3v) is 5.25. The molecule has 6 nitrogen and oxygen atoms in total. The first-order chi connectivity index (χ1) is 13.9. The van der Waals surface area contributed by atoms with Gasteiger partial charge in [-0.05, 0) is 68.1 Å². The molecule has 1 N–H and O–H groups in total. The molecule has 4 rings (SSSR count). The number of halogens is 1. The lowest BCUT2D eigenvalue weighted by Gasteiger charge is -2.10. The Labute approximate surface area is 171 Å². The van der Waals surface area contributed by atoms with Gasteiger partial charge in [-0.25, -0.2) is 14.1 Å². The van der Waals surface area contributed by atoms with Crippen molar-refractivity contribution in [3.05, 3.63) is 76.4 Å². The van der Waals surface area contributed by atoms with E-state index < -0.39 is 5.91 Å². The summed E-state index contributed by atoms with van der Waals surface area (Å²) in [6.45, 7) is 5.67. The van der Waals surface area contributed by atoms with Crippen LogP contribution in [0.15, 0.2) is 47.8 Å². The maximum atomic E-state index is 13.3. The maximum Gasteiger partial charge on any atom is 0.295 e. The van der Waals surface area contributed by atoms with Gasteiger partial charge in [-0.2, -0.15) is 0 Å². The van der Waals surface area contributed by atoms with E-state index in [4.69, 9.17) is 0 Å². The topological polar surface area (TPSA) is 72.7 Å². The second-order valence-corrected chi connectivity index (χ2v) is 7.57. The van der Waals surface area contributed by atoms with Gasteiger partial charge in [-0.15, -0.1) is 16.4 Å². The van der Waals surface area contributed by atoms with Gasteiger partial charge in [0.2, 0.25) is 5.82 Å². The number of hydrogen-bond donors (Lipinski definition) is 1. The number of nitrogens with one attached hydrogen (secondary N) is 1. The maximum absolute atomic E-state index is 13.3. The molecule has 0 atom stereocenters. The largest absolute Gasteiger partial charge is 0.317 e. The molecule has 0 spiro atoms. The Morgan fingerprint density at radius 3 is 2.52 bits per heavy atom. The smallest absolute Gasteiger partial charge is 0.295 e. The molecule has 146 valence electrons. The van der Waals surface area contributed by atoms with Crippen molar-refractivity contribution in [2.24, 2.45) is 0 Å². The van der Waals surface area contributed by atoms with E-state index in [1.54, 1.807) is 16.8 Å². The monoisotopic (exact) mass is 407 g/mol. The molecule has 1 amide bonds. The molecule has 0 radical (unpaired) electrons. The quantitative estimate of drug-likeness (QED) is 0.532. The lowest BCUT2D eigenvalue weighted by atomic mass is 10.1. The number of carbonyl (C=O) groups excluding carboxylic acids is 1. The number of aromatic nitrogens is 4. The Morgan fingerprint density at radius 1 is 1.10 bits per heavy atom. The Morgan fingerprint density at radius 2 is 1.86 bits per heavy atom. The minimum Gasteiger partial charge on any atom is -0.317 e. The number of amides is 1. The fourth-order valence-corrected chi connectivity index (χ4v) is 3.82. The van der Waals surface area contributed by atoms with Crippen molar-refractivity contribution in [1.82, 2.24) is 19.7 Å². The van der Waals surface area contributed by atoms with Crippen molar-refractivity contribution in [1.29, 1.82) is 0 Å². The SMILES string of the molecule is Cc1cc(C)c(NC(=O)c2nc(-c3cccs3)n(-c3ccc(F)cc3)n2)c(C)n1. The molecule has 0 aliphatic rings. The van der Waals surface area contributed by atoms with E-state index in [9.17, 15) is 9.18 Å². The molecule has 0 bridgehead atoms. The molecule has 0 saturated carbocycles. The van der Waals surface area contributed by atoms with Crippen LogP contribution in [-0.4, -0.2) is 25.7 Å². The minimum absolute atomic E-state index is 0.0251. The van der Waals surface area contributed by atoms with Crippen LogP contribution >= 0.6 is 11.3 Å². The van der Waals surface area contributed by atoms with Crippen LogP contribution in [0.4, 0.5) is 10.1 Å². The highest BCUT2D eigenvalue weighted by Gasteiger charge is 2.21. The standard InChI is InChI=1S/C21H18FN5OS/c1-12-11-13(2)23-14(3)18(12)24-21(28)19-25-20(17-5-4-10-29-17)27(26-19)16-8-6-15(22)7-9-16/h4-11H,1-3H3,(H,24,28). The zero-order valence-corrected chi connectivity index (χ0v) is 16.9. The van der Waals surface area contributed by atoms with E-state index in [0.717, 1.165) is 21.8 Å². The van der Waals surface area contributed by atoms with Crippen molar-refractivity contribution in [3.8, 4) is 16.4 Å². The van der Waals surface area contributed by atoms with Gasteiger partial charge in [0.05, 0.1) is 21.9 Å². The van der Waals surface area contributed by atoms with Gasteiger partial charge in [0.1, 0.15) is 5.82 Å². The molecule has 0 fully saturated rings. The van der Waals surface area contributed by atoms with E-state index >= 15 is 0 Å². The number of nitrogens with zero attached hydrogens (tertiary/aromatic N) is 4. The summed E-state index contributed by atoms with van der Waals surface area (Å²) in [6.07, 6.45) is 0. The summed E-state index contributed by atoms with van der Waals surface area (Å²) in [4.78, 5) is 22.6. The van der Waals surface area contributed by atoms with Gasteiger partial charge in [0, 0.05) is 5.69 Å². The Balaban J connectivity index is 1.74. The highest BCUT2D eigenvalue weighted by Crippen LogP contribution is 2.26. The molecule has 1 aromatic carbocycles. The van der Waals surface area contributed by atoms with Crippen LogP contribution in [0.3, 0.4) is 0 Å². The highest BCUT2D eigenvalue weighted by atomic mass is 32.1. The van der Waals surface area contributed by atoms with Gasteiger partial charge in [-0.1, -0.05) is 6.07 Å². The summed E-state index contributed by atoms with van der Waals surface area (Å²) in [5.74, 6) is -0.229. The molecular formula is C21H18FN5OS. The summed E-state index contributed by atoms with van der Waals surface area (Å²) in [6, 6.07) is 11.6. The summed E-state index contributed by atoms with van der Waals surface area (Å²) in [5, 5.41) is 9.19. The molecule has 0 saturated heterocycles. The first-order valence-corrected chi connectivity index (χ1v) is 9.83. The van der Waals surface area contributed by atoms with Gasteiger partial charge in [0.15, 0.2) is 5.82 Å². The molecule has 8 heteroatoms. The predicted molar refractivity (Wildman–Crippen MR) is 111 cm³/mol. The highest BCUT2D eigenvalue weighted by molar-refractivity contribution is 7.13. The fraction of sp³-hybridized carbons (Fsp3) is 0.143. The van der Waals surface area contributed by atoms with E-state index in [1.165, 1.54) is 23.5 Å². The van der Waals surface area contributed by atoms with Crippen molar-refractivity contribution in [3.63, 3.8) is 0 Å². The van der Waals surface area contributed by atoms with Gasteiger partial charge < -0.3 is 5.32 Å². The van der Waals surface area contributed by atoms with Crippen LogP contribution in [-0.2, 0) is 0 Å². The van der Waals surface area contributed by atoms with Gasteiger partial charge >= 0.3 is 0 Å². The average Bonchev–Trinajstić information content (AvgIpc) is 3.34.